The fourth-order valence-corrected chi connectivity index (χ4v) is 1.14. The predicted octanol–water partition coefficient (Wildman–Crippen LogP) is -2.27. The summed E-state index contributed by atoms with van der Waals surface area (Å²) >= 11 is 0. The molecule has 0 heterocycles. The van der Waals surface area contributed by atoms with Crippen LogP contribution in [-0.2, 0) is 9.59 Å². The maximum atomic E-state index is 12.0. The van der Waals surface area contributed by atoms with Crippen molar-refractivity contribution in [1.82, 2.24) is 15.3 Å². The van der Waals surface area contributed by atoms with Crippen LogP contribution < -0.4 is 28.6 Å². The first-order chi connectivity index (χ1) is 9.54. The van der Waals surface area contributed by atoms with Gasteiger partial charge in [-0.15, -0.1) is 0 Å². The Morgan fingerprint density at radius 3 is 2.19 bits per heavy atom. The number of nitrogens with one attached hydrogen (secondary N) is 1. The second-order valence-corrected chi connectivity index (χ2v) is 5.41. The van der Waals surface area contributed by atoms with Gasteiger partial charge in [0, 0.05) is 12.5 Å². The number of allylic oxidation sites excluding steroid dienone is 1. The van der Waals surface area contributed by atoms with Crippen molar-refractivity contribution in [2.45, 2.75) is 20.8 Å². The number of likely N-dealkylation sites (N-methyl/N-ethyl adjacent to an activating group) is 1. The zero-order chi connectivity index (χ0) is 16.8. The summed E-state index contributed by atoms with van der Waals surface area (Å²) in [6.45, 7) is 5.06. The van der Waals surface area contributed by atoms with E-state index in [0.717, 1.165) is 10.0 Å². The molecule has 0 saturated carbocycles. The van der Waals surface area contributed by atoms with Gasteiger partial charge in [-0.2, -0.15) is 5.10 Å². The topological polar surface area (TPSA) is 169 Å². The summed E-state index contributed by atoms with van der Waals surface area (Å²) in [4.78, 5) is 22.9. The number of carbonyl (C=O) groups is 2. The lowest BCUT2D eigenvalue weighted by atomic mass is 9.96. The van der Waals surface area contributed by atoms with E-state index < -0.39 is 5.41 Å². The summed E-state index contributed by atoms with van der Waals surface area (Å²) in [5, 5.41) is 8.14. The van der Waals surface area contributed by atoms with Crippen LogP contribution in [0.3, 0.4) is 0 Å². The highest BCUT2D eigenvalue weighted by molar-refractivity contribution is 5.86. The van der Waals surface area contributed by atoms with Gasteiger partial charge >= 0.3 is 0 Å². The Morgan fingerprint density at radius 1 is 1.33 bits per heavy atom. The number of nitrogens with zero attached hydrogens (tertiary/aromatic N) is 3. The van der Waals surface area contributed by atoms with Crippen LogP contribution in [-0.4, -0.2) is 41.6 Å². The minimum absolute atomic E-state index is 0.0482. The van der Waals surface area contributed by atoms with Gasteiger partial charge in [0.15, 0.2) is 12.1 Å². The van der Waals surface area contributed by atoms with Gasteiger partial charge < -0.3 is 16.9 Å². The van der Waals surface area contributed by atoms with Crippen molar-refractivity contribution in [1.29, 1.82) is 0 Å². The SMILES string of the molecule is CN(N)/C(CN(N)/C(NC(=O)C(C)(C)C)=C(\N)C=O)=N\N. The smallest absolute Gasteiger partial charge is 0.230 e. The number of rotatable bonds is 5. The van der Waals surface area contributed by atoms with E-state index in [9.17, 15) is 9.59 Å². The Bertz CT molecular complexity index is 450. The third kappa shape index (κ3) is 5.67. The van der Waals surface area contributed by atoms with Crippen molar-refractivity contribution in [3.63, 3.8) is 0 Å². The fraction of sp³-hybridized carbons (Fsp3) is 0.545. The van der Waals surface area contributed by atoms with Crippen LogP contribution in [0.15, 0.2) is 16.6 Å². The normalized spacial score (nSPS) is 13.3. The van der Waals surface area contributed by atoms with Crippen LogP contribution in [0, 0.1) is 5.41 Å². The molecule has 0 aromatic heterocycles. The zero-order valence-electron chi connectivity index (χ0n) is 12.8. The van der Waals surface area contributed by atoms with E-state index in [1.54, 1.807) is 20.8 Å². The van der Waals surface area contributed by atoms with Crippen molar-refractivity contribution in [3.8, 4) is 0 Å². The van der Waals surface area contributed by atoms with Gasteiger partial charge in [0.05, 0.1) is 6.54 Å². The minimum Gasteiger partial charge on any atom is -0.393 e. The molecule has 120 valence electrons. The van der Waals surface area contributed by atoms with Gasteiger partial charge in [-0.1, -0.05) is 20.8 Å². The third-order valence-corrected chi connectivity index (χ3v) is 2.47. The highest BCUT2D eigenvalue weighted by Gasteiger charge is 2.25. The van der Waals surface area contributed by atoms with Gasteiger partial charge in [0.1, 0.15) is 11.5 Å². The van der Waals surface area contributed by atoms with Crippen molar-refractivity contribution in [2.75, 3.05) is 13.6 Å². The van der Waals surface area contributed by atoms with E-state index in [0.29, 0.717) is 6.29 Å². The largest absolute Gasteiger partial charge is 0.393 e. The van der Waals surface area contributed by atoms with Crippen LogP contribution in [0.1, 0.15) is 20.8 Å². The molecule has 0 aromatic rings. The molecule has 0 spiro atoms. The fourth-order valence-electron chi connectivity index (χ4n) is 1.14. The molecule has 10 nitrogen and oxygen atoms in total. The van der Waals surface area contributed by atoms with Gasteiger partial charge in [-0.25, -0.2) is 11.7 Å². The number of hydrazine groups is 2. The van der Waals surface area contributed by atoms with Crippen LogP contribution in [0.25, 0.3) is 0 Å². The molecule has 0 radical (unpaired) electrons. The predicted molar refractivity (Wildman–Crippen MR) is 79.3 cm³/mol. The summed E-state index contributed by atoms with van der Waals surface area (Å²) in [6, 6.07) is 0. The second kappa shape index (κ2) is 7.45. The Hall–Kier alpha value is -2.33. The molecule has 0 fully saturated rings. The monoisotopic (exact) mass is 300 g/mol. The number of hydrazone groups is 1. The molecule has 0 aliphatic carbocycles. The van der Waals surface area contributed by atoms with Crippen LogP contribution >= 0.6 is 0 Å². The lowest BCUT2D eigenvalue weighted by molar-refractivity contribution is -0.128. The number of hydrogen-bond donors (Lipinski definition) is 5. The summed E-state index contributed by atoms with van der Waals surface area (Å²) < 4.78 is 0. The molecule has 0 aromatic carbocycles. The molecule has 0 aliphatic rings. The number of aldehydes is 1. The molecule has 10 heteroatoms. The number of amidine groups is 1. The van der Waals surface area contributed by atoms with Crippen LogP contribution in [0.4, 0.5) is 0 Å². The van der Waals surface area contributed by atoms with E-state index in [2.05, 4.69) is 10.4 Å². The molecular formula is C11H24N8O2. The molecule has 0 rings (SSSR count). The molecular weight excluding hydrogens is 276 g/mol. The van der Waals surface area contributed by atoms with Crippen molar-refractivity contribution in [3.05, 3.63) is 11.5 Å². The van der Waals surface area contributed by atoms with E-state index in [1.807, 2.05) is 0 Å². The Morgan fingerprint density at radius 2 is 1.86 bits per heavy atom. The molecule has 9 N–H and O–H groups in total. The zero-order valence-corrected chi connectivity index (χ0v) is 12.8. The van der Waals surface area contributed by atoms with Gasteiger partial charge in [0.25, 0.3) is 0 Å². The van der Waals surface area contributed by atoms with E-state index in [-0.39, 0.29) is 29.8 Å². The van der Waals surface area contributed by atoms with Gasteiger partial charge in [-0.3, -0.25) is 19.6 Å². The lowest BCUT2D eigenvalue weighted by Gasteiger charge is -2.27. The van der Waals surface area contributed by atoms with Crippen molar-refractivity contribution in [2.24, 2.45) is 33.8 Å². The Balaban J connectivity index is 5.29. The molecule has 0 saturated heterocycles. The van der Waals surface area contributed by atoms with Crippen molar-refractivity contribution >= 4 is 18.0 Å². The number of carbonyl (C=O) groups excluding carboxylic acids is 2. The van der Waals surface area contributed by atoms with Gasteiger partial charge in [0.2, 0.25) is 5.91 Å². The third-order valence-electron chi connectivity index (χ3n) is 2.47. The number of hydrogen-bond acceptors (Lipinski definition) is 8. The quantitative estimate of drug-likeness (QED) is 0.0944. The Labute approximate surface area is 123 Å². The standard InChI is InChI=1S/C11H24N8O2/c1-11(2,3)10(21)16-9(7(12)6-20)19(15)5-8(17-13)18(4)14/h6H,5,12-15H2,1-4H3,(H,16,21)/b9-7-,17-8-. The lowest BCUT2D eigenvalue weighted by Crippen LogP contribution is -2.50. The van der Waals surface area contributed by atoms with Crippen molar-refractivity contribution < 1.29 is 9.59 Å². The molecule has 0 unspecified atom stereocenters. The number of amides is 1. The first kappa shape index (κ1) is 18.7. The second-order valence-electron chi connectivity index (χ2n) is 5.41. The minimum atomic E-state index is -0.690. The number of nitrogens with two attached hydrogens (primary N) is 4. The van der Waals surface area contributed by atoms with Crippen LogP contribution in [0.5, 0.6) is 0 Å². The summed E-state index contributed by atoms with van der Waals surface area (Å²) in [7, 11) is 1.51. The van der Waals surface area contributed by atoms with Crippen LogP contribution in [0.2, 0.25) is 0 Å². The van der Waals surface area contributed by atoms with E-state index in [4.69, 9.17) is 23.3 Å². The summed E-state index contributed by atoms with van der Waals surface area (Å²) in [5.41, 5.74) is 4.64. The average molecular weight is 300 g/mol. The highest BCUT2D eigenvalue weighted by Crippen LogP contribution is 2.14. The summed E-state index contributed by atoms with van der Waals surface area (Å²) in [5.74, 6) is 16.3. The molecule has 0 atom stereocenters. The van der Waals surface area contributed by atoms with Gasteiger partial charge in [-0.05, 0) is 0 Å². The molecule has 0 aliphatic heterocycles. The first-order valence-corrected chi connectivity index (χ1v) is 6.08. The molecule has 21 heavy (non-hydrogen) atoms. The average Bonchev–Trinajstić information content (AvgIpc) is 2.38. The van der Waals surface area contributed by atoms with E-state index >= 15 is 0 Å². The van der Waals surface area contributed by atoms with E-state index in [1.165, 1.54) is 7.05 Å². The Kier molecular flexibility index (Phi) is 6.62. The maximum Gasteiger partial charge on any atom is 0.230 e. The first-order valence-electron chi connectivity index (χ1n) is 6.08. The summed E-state index contributed by atoms with van der Waals surface area (Å²) in [6.07, 6.45) is 0.379. The molecule has 1 amide bonds. The highest BCUT2D eigenvalue weighted by atomic mass is 16.2. The molecule has 0 bridgehead atoms. The maximum absolute atomic E-state index is 12.0.